The van der Waals surface area contributed by atoms with Gasteiger partial charge in [-0.2, -0.15) is 0 Å². The summed E-state index contributed by atoms with van der Waals surface area (Å²) in [5.41, 5.74) is 1.44. The predicted molar refractivity (Wildman–Crippen MR) is 89.6 cm³/mol. The van der Waals surface area contributed by atoms with Gasteiger partial charge in [0.2, 0.25) is 0 Å². The van der Waals surface area contributed by atoms with E-state index in [0.29, 0.717) is 25.3 Å². The lowest BCUT2D eigenvalue weighted by Gasteiger charge is -2.36. The highest BCUT2D eigenvalue weighted by atomic mass is 16.6. The molecule has 2 rings (SSSR count). The number of fused-ring (bicyclic) bond motifs is 1. The Kier molecular flexibility index (Phi) is 5.06. The Morgan fingerprint density at radius 2 is 2.00 bits per heavy atom. The second kappa shape index (κ2) is 6.71. The lowest BCUT2D eigenvalue weighted by molar-refractivity contribution is 0.0159. The van der Waals surface area contributed by atoms with Gasteiger partial charge in [-0.05, 0) is 64.3 Å². The van der Waals surface area contributed by atoms with E-state index in [-0.39, 0.29) is 17.7 Å². The number of aromatic carboxylic acids is 1. The fourth-order valence-electron chi connectivity index (χ4n) is 2.86. The van der Waals surface area contributed by atoms with Crippen LogP contribution in [0.15, 0.2) is 12.1 Å². The summed E-state index contributed by atoms with van der Waals surface area (Å²) in [6, 6.07) is 3.19. The topological polar surface area (TPSA) is 76.1 Å². The van der Waals surface area contributed by atoms with Gasteiger partial charge in [-0.3, -0.25) is 0 Å². The molecule has 0 radical (unpaired) electrons. The molecule has 6 heteroatoms. The Labute approximate surface area is 142 Å². The van der Waals surface area contributed by atoms with Crippen molar-refractivity contribution in [1.82, 2.24) is 4.90 Å². The number of amides is 1. The van der Waals surface area contributed by atoms with Gasteiger partial charge in [0, 0.05) is 6.54 Å². The van der Waals surface area contributed by atoms with Crippen molar-refractivity contribution in [3.05, 3.63) is 28.8 Å². The molecule has 1 aromatic rings. The molecule has 1 N–H and O–H groups in total. The zero-order valence-electron chi connectivity index (χ0n) is 14.9. The minimum Gasteiger partial charge on any atom is -0.493 e. The third kappa shape index (κ3) is 3.80. The molecule has 0 aromatic heterocycles. The molecule has 1 atom stereocenters. The summed E-state index contributed by atoms with van der Waals surface area (Å²) in [6.07, 6.45) is 0.229. The van der Waals surface area contributed by atoms with Gasteiger partial charge >= 0.3 is 12.1 Å². The van der Waals surface area contributed by atoms with E-state index < -0.39 is 11.6 Å². The summed E-state index contributed by atoms with van der Waals surface area (Å²) in [4.78, 5) is 25.5. The molecule has 0 spiro atoms. The van der Waals surface area contributed by atoms with Crippen LogP contribution in [0.2, 0.25) is 0 Å². The number of carbonyl (C=O) groups is 2. The summed E-state index contributed by atoms with van der Waals surface area (Å²) >= 11 is 0. The third-order valence-electron chi connectivity index (χ3n) is 3.94. The number of ether oxygens (including phenoxy) is 2. The highest BCUT2D eigenvalue weighted by Crippen LogP contribution is 2.35. The number of carboxylic acid groups (broad SMARTS) is 1. The molecule has 1 aromatic carbocycles. The third-order valence-corrected chi connectivity index (χ3v) is 3.94. The van der Waals surface area contributed by atoms with Crippen molar-refractivity contribution < 1.29 is 24.2 Å². The van der Waals surface area contributed by atoms with Crippen LogP contribution in [-0.2, 0) is 11.2 Å². The molecule has 1 aliphatic rings. The average Bonchev–Trinajstić information content (AvgIpc) is 2.45. The molecular formula is C18H25NO5. The summed E-state index contributed by atoms with van der Waals surface area (Å²) in [7, 11) is 0. The maximum atomic E-state index is 12.4. The Morgan fingerprint density at radius 3 is 2.54 bits per heavy atom. The molecule has 132 valence electrons. The van der Waals surface area contributed by atoms with Crippen molar-refractivity contribution >= 4 is 12.1 Å². The monoisotopic (exact) mass is 335 g/mol. The molecule has 0 saturated carbocycles. The molecule has 24 heavy (non-hydrogen) atoms. The quantitative estimate of drug-likeness (QED) is 0.912. The Balaban J connectivity index is 2.35. The van der Waals surface area contributed by atoms with Gasteiger partial charge in [0.05, 0.1) is 12.6 Å². The molecule has 0 saturated heterocycles. The highest BCUT2D eigenvalue weighted by Gasteiger charge is 2.32. The first-order valence-electron chi connectivity index (χ1n) is 8.16. The van der Waals surface area contributed by atoms with Crippen LogP contribution in [-0.4, -0.2) is 40.8 Å². The van der Waals surface area contributed by atoms with Crippen LogP contribution >= 0.6 is 0 Å². The molecular weight excluding hydrogens is 310 g/mol. The normalized spacial score (nSPS) is 17.2. The minimum absolute atomic E-state index is 0.161. The number of rotatable bonds is 3. The van der Waals surface area contributed by atoms with Crippen LogP contribution in [0.3, 0.4) is 0 Å². The van der Waals surface area contributed by atoms with Crippen molar-refractivity contribution in [2.24, 2.45) is 0 Å². The van der Waals surface area contributed by atoms with E-state index in [1.807, 2.05) is 34.6 Å². The number of benzene rings is 1. The van der Waals surface area contributed by atoms with Crippen molar-refractivity contribution in [2.75, 3.05) is 13.2 Å². The van der Waals surface area contributed by atoms with Crippen LogP contribution in [0.4, 0.5) is 4.79 Å². The first-order valence-corrected chi connectivity index (χ1v) is 8.16. The Morgan fingerprint density at radius 1 is 1.33 bits per heavy atom. The smallest absolute Gasteiger partial charge is 0.410 e. The number of hydrogen-bond donors (Lipinski definition) is 1. The summed E-state index contributed by atoms with van der Waals surface area (Å²) < 4.78 is 10.9. The molecule has 0 fully saturated rings. The fourth-order valence-corrected chi connectivity index (χ4v) is 2.86. The molecule has 6 nitrogen and oxygen atoms in total. The summed E-state index contributed by atoms with van der Waals surface area (Å²) in [5, 5.41) is 9.36. The number of carbonyl (C=O) groups excluding carboxylic acids is 1. The molecule has 1 heterocycles. The molecule has 1 aliphatic heterocycles. The predicted octanol–water partition coefficient (Wildman–Crippen LogP) is 3.64. The molecule has 0 aliphatic carbocycles. The maximum Gasteiger partial charge on any atom is 0.410 e. The zero-order chi connectivity index (χ0) is 18.1. The van der Waals surface area contributed by atoms with E-state index >= 15 is 0 Å². The van der Waals surface area contributed by atoms with Gasteiger partial charge in [-0.15, -0.1) is 0 Å². The van der Waals surface area contributed by atoms with E-state index in [1.165, 1.54) is 0 Å². The lowest BCUT2D eigenvalue weighted by Crippen LogP contribution is -2.42. The minimum atomic E-state index is -1.01. The van der Waals surface area contributed by atoms with Crippen LogP contribution in [0.1, 0.15) is 62.1 Å². The maximum absolute atomic E-state index is 12.4. The van der Waals surface area contributed by atoms with Gasteiger partial charge in [0.1, 0.15) is 16.9 Å². The number of carboxylic acids is 1. The highest BCUT2D eigenvalue weighted by molar-refractivity contribution is 5.91. The van der Waals surface area contributed by atoms with Crippen LogP contribution in [0.25, 0.3) is 0 Å². The fraction of sp³-hybridized carbons (Fsp3) is 0.556. The van der Waals surface area contributed by atoms with Gasteiger partial charge < -0.3 is 19.5 Å². The first-order chi connectivity index (χ1) is 11.1. The standard InChI is InChI=1S/C18H25NO5/c1-6-23-15-10-13-11(2)19(17(22)24-18(3,4)5)8-7-12(13)9-14(15)16(20)21/h9-11H,6-8H2,1-5H3,(H,20,21). The van der Waals surface area contributed by atoms with Gasteiger partial charge in [-0.1, -0.05) is 0 Å². The molecule has 1 unspecified atom stereocenters. The number of hydrogen-bond acceptors (Lipinski definition) is 4. The molecule has 1 amide bonds. The Bertz CT molecular complexity index is 648. The lowest BCUT2D eigenvalue weighted by atomic mass is 9.91. The van der Waals surface area contributed by atoms with Crippen molar-refractivity contribution in [3.8, 4) is 5.75 Å². The van der Waals surface area contributed by atoms with Gasteiger partial charge in [0.15, 0.2) is 0 Å². The van der Waals surface area contributed by atoms with Crippen molar-refractivity contribution in [3.63, 3.8) is 0 Å². The Hall–Kier alpha value is -2.24. The van der Waals surface area contributed by atoms with Crippen molar-refractivity contribution in [1.29, 1.82) is 0 Å². The summed E-state index contributed by atoms with van der Waals surface area (Å²) in [5.74, 6) is -0.676. The van der Waals surface area contributed by atoms with E-state index in [1.54, 1.807) is 17.0 Å². The van der Waals surface area contributed by atoms with Gasteiger partial charge in [0.25, 0.3) is 0 Å². The van der Waals surface area contributed by atoms with Crippen LogP contribution < -0.4 is 4.74 Å². The van der Waals surface area contributed by atoms with Gasteiger partial charge in [-0.25, -0.2) is 9.59 Å². The van der Waals surface area contributed by atoms with Crippen LogP contribution in [0.5, 0.6) is 5.75 Å². The molecule has 0 bridgehead atoms. The average molecular weight is 335 g/mol. The second-order valence-corrected chi connectivity index (χ2v) is 6.89. The van der Waals surface area contributed by atoms with E-state index in [4.69, 9.17) is 9.47 Å². The largest absolute Gasteiger partial charge is 0.493 e. The summed E-state index contributed by atoms with van der Waals surface area (Å²) in [6.45, 7) is 10.1. The first kappa shape index (κ1) is 18.1. The number of nitrogens with zero attached hydrogens (tertiary/aromatic N) is 1. The van der Waals surface area contributed by atoms with E-state index in [2.05, 4.69) is 0 Å². The zero-order valence-corrected chi connectivity index (χ0v) is 14.9. The van der Waals surface area contributed by atoms with E-state index in [0.717, 1.165) is 11.1 Å². The van der Waals surface area contributed by atoms with Crippen LogP contribution in [0, 0.1) is 0 Å². The van der Waals surface area contributed by atoms with E-state index in [9.17, 15) is 14.7 Å². The second-order valence-electron chi connectivity index (χ2n) is 6.89. The SMILES string of the molecule is CCOc1cc2c(cc1C(=O)O)CCN(C(=O)OC(C)(C)C)C2C. The van der Waals surface area contributed by atoms with Crippen molar-refractivity contribution in [2.45, 2.75) is 52.7 Å².